The van der Waals surface area contributed by atoms with E-state index in [0.717, 1.165) is 0 Å². The van der Waals surface area contributed by atoms with Gasteiger partial charge in [0.25, 0.3) is 0 Å². The number of rotatable bonds is 6. The van der Waals surface area contributed by atoms with E-state index in [0.29, 0.717) is 6.29 Å². The Hall–Kier alpha value is -1.30. The van der Waals surface area contributed by atoms with Crippen LogP contribution in [0.1, 0.15) is 27.7 Å². The van der Waals surface area contributed by atoms with Crippen molar-refractivity contribution in [1.82, 2.24) is 5.32 Å². The standard InChI is InChI=1S/C10H19N3O3/c1-9(2,7-15)12-13-10(3,4)8(16)11-5-6-14/h7,14H,5-6H2,1-4H3,(H,11,16). The second-order valence-electron chi connectivity index (χ2n) is 4.51. The molecule has 0 bridgehead atoms. The van der Waals surface area contributed by atoms with Crippen LogP contribution in [0.15, 0.2) is 10.2 Å². The van der Waals surface area contributed by atoms with Gasteiger partial charge in [0.05, 0.1) is 6.61 Å². The Morgan fingerprint density at radius 3 is 2.31 bits per heavy atom. The minimum Gasteiger partial charge on any atom is -0.395 e. The summed E-state index contributed by atoms with van der Waals surface area (Å²) in [6.07, 6.45) is 0.665. The average molecular weight is 229 g/mol. The Balaban J connectivity index is 4.55. The summed E-state index contributed by atoms with van der Waals surface area (Å²) in [7, 11) is 0. The molecule has 0 aliphatic rings. The summed E-state index contributed by atoms with van der Waals surface area (Å²) in [6.45, 7) is 6.43. The maximum absolute atomic E-state index is 11.6. The second-order valence-corrected chi connectivity index (χ2v) is 4.51. The molecule has 0 saturated heterocycles. The number of carbonyl (C=O) groups is 2. The van der Waals surface area contributed by atoms with Crippen LogP contribution in [0.2, 0.25) is 0 Å². The van der Waals surface area contributed by atoms with E-state index < -0.39 is 11.1 Å². The van der Waals surface area contributed by atoms with Crippen LogP contribution < -0.4 is 5.32 Å². The number of nitrogens with one attached hydrogen (secondary N) is 1. The van der Waals surface area contributed by atoms with Crippen LogP contribution in [0.3, 0.4) is 0 Å². The highest BCUT2D eigenvalue weighted by molar-refractivity contribution is 5.85. The van der Waals surface area contributed by atoms with Crippen LogP contribution in [-0.4, -0.2) is 41.5 Å². The van der Waals surface area contributed by atoms with Crippen molar-refractivity contribution in [3.63, 3.8) is 0 Å². The Morgan fingerprint density at radius 1 is 1.31 bits per heavy atom. The van der Waals surface area contributed by atoms with Crippen molar-refractivity contribution < 1.29 is 14.7 Å². The van der Waals surface area contributed by atoms with Crippen molar-refractivity contribution in [3.05, 3.63) is 0 Å². The highest BCUT2D eigenvalue weighted by atomic mass is 16.3. The molecule has 0 aromatic heterocycles. The van der Waals surface area contributed by atoms with Gasteiger partial charge in [-0.1, -0.05) is 0 Å². The molecule has 0 aliphatic carbocycles. The molecule has 0 atom stereocenters. The first kappa shape index (κ1) is 14.7. The van der Waals surface area contributed by atoms with Gasteiger partial charge in [-0.2, -0.15) is 10.2 Å². The molecule has 6 heteroatoms. The predicted octanol–water partition coefficient (Wildman–Crippen LogP) is 0.303. The Kier molecular flexibility index (Phi) is 5.23. The molecular weight excluding hydrogens is 210 g/mol. The molecule has 92 valence electrons. The van der Waals surface area contributed by atoms with Gasteiger partial charge in [0, 0.05) is 6.54 Å². The van der Waals surface area contributed by atoms with Crippen molar-refractivity contribution >= 4 is 12.2 Å². The average Bonchev–Trinajstić information content (AvgIpc) is 2.23. The van der Waals surface area contributed by atoms with E-state index in [1.807, 2.05) is 0 Å². The Bertz CT molecular complexity index is 285. The van der Waals surface area contributed by atoms with Gasteiger partial charge in [0.15, 0.2) is 5.54 Å². The Morgan fingerprint density at radius 2 is 1.88 bits per heavy atom. The summed E-state index contributed by atoms with van der Waals surface area (Å²) in [5, 5.41) is 18.7. The lowest BCUT2D eigenvalue weighted by Gasteiger charge is -2.19. The largest absolute Gasteiger partial charge is 0.395 e. The first-order valence-electron chi connectivity index (χ1n) is 5.05. The summed E-state index contributed by atoms with van der Waals surface area (Å²) in [4.78, 5) is 22.2. The van der Waals surface area contributed by atoms with Crippen molar-refractivity contribution in [2.45, 2.75) is 38.8 Å². The number of nitrogens with zero attached hydrogens (tertiary/aromatic N) is 2. The molecule has 16 heavy (non-hydrogen) atoms. The van der Waals surface area contributed by atoms with E-state index in [1.165, 1.54) is 0 Å². The number of carbonyl (C=O) groups excluding carboxylic acids is 2. The second kappa shape index (κ2) is 5.69. The third-order valence-corrected chi connectivity index (χ3v) is 1.80. The number of hydrogen-bond donors (Lipinski definition) is 2. The number of hydrogen-bond acceptors (Lipinski definition) is 5. The first-order chi connectivity index (χ1) is 7.25. The fraction of sp³-hybridized carbons (Fsp3) is 0.800. The van der Waals surface area contributed by atoms with E-state index in [4.69, 9.17) is 5.11 Å². The molecule has 0 aromatic rings. The molecule has 2 N–H and O–H groups in total. The molecule has 0 radical (unpaired) electrons. The lowest BCUT2D eigenvalue weighted by atomic mass is 10.1. The highest BCUT2D eigenvalue weighted by Crippen LogP contribution is 2.14. The topological polar surface area (TPSA) is 91.1 Å². The molecule has 0 aromatic carbocycles. The number of aliphatic hydroxyl groups excluding tert-OH is 1. The van der Waals surface area contributed by atoms with Crippen LogP contribution in [0.25, 0.3) is 0 Å². The van der Waals surface area contributed by atoms with Crippen LogP contribution >= 0.6 is 0 Å². The van der Waals surface area contributed by atoms with Gasteiger partial charge in [-0.25, -0.2) is 0 Å². The van der Waals surface area contributed by atoms with E-state index in [1.54, 1.807) is 27.7 Å². The maximum atomic E-state index is 11.6. The number of azo groups is 1. The normalized spacial score (nSPS) is 12.8. The van der Waals surface area contributed by atoms with Crippen LogP contribution in [0, 0.1) is 0 Å². The summed E-state index contributed by atoms with van der Waals surface area (Å²) in [6, 6.07) is 0. The van der Waals surface area contributed by atoms with Gasteiger partial charge < -0.3 is 15.2 Å². The fourth-order valence-electron chi connectivity index (χ4n) is 0.709. The van der Waals surface area contributed by atoms with Crippen LogP contribution in [0.4, 0.5) is 0 Å². The minimum absolute atomic E-state index is 0.126. The van der Waals surface area contributed by atoms with E-state index in [9.17, 15) is 9.59 Å². The minimum atomic E-state index is -1.05. The van der Waals surface area contributed by atoms with Crippen molar-refractivity contribution in [3.8, 4) is 0 Å². The first-order valence-corrected chi connectivity index (χ1v) is 5.05. The third-order valence-electron chi connectivity index (χ3n) is 1.80. The monoisotopic (exact) mass is 229 g/mol. The van der Waals surface area contributed by atoms with Gasteiger partial charge in [0.1, 0.15) is 11.8 Å². The zero-order valence-corrected chi connectivity index (χ0v) is 10.1. The molecule has 0 spiro atoms. The van der Waals surface area contributed by atoms with Gasteiger partial charge in [-0.3, -0.25) is 4.79 Å². The van der Waals surface area contributed by atoms with Crippen molar-refractivity contribution in [2.75, 3.05) is 13.2 Å². The SMILES string of the molecule is CC(C)(C=O)N=NC(C)(C)C(=O)NCCO. The Labute approximate surface area is 95.1 Å². The molecule has 0 saturated carbocycles. The summed E-state index contributed by atoms with van der Waals surface area (Å²) in [5.74, 6) is -0.341. The van der Waals surface area contributed by atoms with Gasteiger partial charge >= 0.3 is 0 Å². The summed E-state index contributed by atoms with van der Waals surface area (Å²) in [5.41, 5.74) is -1.97. The predicted molar refractivity (Wildman–Crippen MR) is 59.2 cm³/mol. The lowest BCUT2D eigenvalue weighted by Crippen LogP contribution is -2.42. The zero-order valence-electron chi connectivity index (χ0n) is 10.1. The van der Waals surface area contributed by atoms with Gasteiger partial charge in [-0.15, -0.1) is 0 Å². The molecule has 0 aliphatic heterocycles. The van der Waals surface area contributed by atoms with Gasteiger partial charge in [-0.05, 0) is 27.7 Å². The van der Waals surface area contributed by atoms with Crippen LogP contribution in [0.5, 0.6) is 0 Å². The fourth-order valence-corrected chi connectivity index (χ4v) is 0.709. The van der Waals surface area contributed by atoms with Crippen molar-refractivity contribution in [2.24, 2.45) is 10.2 Å². The summed E-state index contributed by atoms with van der Waals surface area (Å²) < 4.78 is 0. The zero-order chi connectivity index (χ0) is 12.8. The van der Waals surface area contributed by atoms with Crippen LogP contribution in [-0.2, 0) is 9.59 Å². The maximum Gasteiger partial charge on any atom is 0.249 e. The van der Waals surface area contributed by atoms with Gasteiger partial charge in [0.2, 0.25) is 5.91 Å². The molecule has 6 nitrogen and oxygen atoms in total. The molecule has 0 unspecified atom stereocenters. The van der Waals surface area contributed by atoms with E-state index in [-0.39, 0.29) is 19.1 Å². The summed E-state index contributed by atoms with van der Waals surface area (Å²) >= 11 is 0. The van der Waals surface area contributed by atoms with E-state index >= 15 is 0 Å². The number of amides is 1. The number of aliphatic hydroxyl groups is 1. The third kappa shape index (κ3) is 4.97. The number of aldehydes is 1. The quantitative estimate of drug-likeness (QED) is 0.507. The highest BCUT2D eigenvalue weighted by Gasteiger charge is 2.28. The van der Waals surface area contributed by atoms with Crippen molar-refractivity contribution in [1.29, 1.82) is 0 Å². The molecule has 0 heterocycles. The molecular formula is C10H19N3O3. The molecule has 1 amide bonds. The van der Waals surface area contributed by atoms with E-state index in [2.05, 4.69) is 15.5 Å². The lowest BCUT2D eigenvalue weighted by molar-refractivity contribution is -0.125. The molecule has 0 fully saturated rings. The molecule has 0 rings (SSSR count). The smallest absolute Gasteiger partial charge is 0.249 e.